The van der Waals surface area contributed by atoms with Gasteiger partial charge in [0.1, 0.15) is 0 Å². The van der Waals surface area contributed by atoms with Gasteiger partial charge < -0.3 is 15.0 Å². The Hall–Kier alpha value is -1.13. The second-order valence-corrected chi connectivity index (χ2v) is 4.10. The number of hydrogen-bond acceptors (Lipinski definition) is 2. The average Bonchev–Trinajstić information content (AvgIpc) is 2.29. The van der Waals surface area contributed by atoms with Crippen LogP contribution in [0.1, 0.15) is 6.92 Å². The fourth-order valence-corrected chi connectivity index (χ4v) is 1.58. The van der Waals surface area contributed by atoms with Crippen LogP contribution in [0.25, 0.3) is 0 Å². The maximum atomic E-state index is 5.31. The topological polar surface area (TPSA) is 24.5 Å². The summed E-state index contributed by atoms with van der Waals surface area (Å²) in [6.07, 6.45) is 0. The van der Waals surface area contributed by atoms with Crippen molar-refractivity contribution < 1.29 is 4.74 Å². The fraction of sp³-hybridized carbons (Fsp3) is 0.417. The number of nitrogens with one attached hydrogen (secondary N) is 1. The van der Waals surface area contributed by atoms with Crippen molar-refractivity contribution in [2.45, 2.75) is 13.0 Å². The van der Waals surface area contributed by atoms with Crippen LogP contribution in [0.15, 0.2) is 30.3 Å². The zero-order valence-corrected chi connectivity index (χ0v) is 10.8. The minimum Gasteiger partial charge on any atom is -0.383 e. The first-order chi connectivity index (χ1) is 7.65. The van der Waals surface area contributed by atoms with Crippen molar-refractivity contribution >= 4 is 23.0 Å². The fourth-order valence-electron chi connectivity index (χ4n) is 1.29. The number of likely N-dealkylation sites (N-methyl/N-ethyl adjacent to an activating group) is 1. The number of anilines is 1. The lowest BCUT2D eigenvalue weighted by Gasteiger charge is -2.27. The molecule has 4 heteroatoms. The molecule has 1 rings (SSSR count). The molecule has 0 amide bonds. The highest BCUT2D eigenvalue weighted by Crippen LogP contribution is 2.07. The largest absolute Gasteiger partial charge is 0.383 e. The molecule has 1 unspecified atom stereocenters. The molecule has 3 nitrogen and oxygen atoms in total. The number of ether oxygens (including phenoxy) is 1. The summed E-state index contributed by atoms with van der Waals surface area (Å²) in [6, 6.07) is 10.2. The number of rotatable bonds is 4. The molecule has 0 saturated carbocycles. The van der Waals surface area contributed by atoms with Gasteiger partial charge in [-0.25, -0.2) is 0 Å². The number of nitrogens with zero attached hydrogens (tertiary/aromatic N) is 1. The molecule has 0 aromatic heterocycles. The standard InChI is InChI=1S/C12H18N2OS/c1-10(9-15-3)14(2)12(16)13-11-7-5-4-6-8-11/h4-8,10H,9H2,1-3H3,(H,13,16). The first-order valence-corrected chi connectivity index (χ1v) is 5.63. The molecule has 0 bridgehead atoms. The molecular formula is C12H18N2OS. The van der Waals surface area contributed by atoms with Gasteiger partial charge in [-0.05, 0) is 31.3 Å². The zero-order chi connectivity index (χ0) is 12.0. The Kier molecular flexibility index (Phi) is 5.22. The Morgan fingerprint density at radius 3 is 2.62 bits per heavy atom. The molecule has 0 heterocycles. The molecule has 0 spiro atoms. The van der Waals surface area contributed by atoms with E-state index in [9.17, 15) is 0 Å². The molecule has 0 saturated heterocycles. The van der Waals surface area contributed by atoms with Crippen LogP contribution < -0.4 is 5.32 Å². The monoisotopic (exact) mass is 238 g/mol. The van der Waals surface area contributed by atoms with Gasteiger partial charge >= 0.3 is 0 Å². The van der Waals surface area contributed by atoms with Crippen LogP contribution in [0.5, 0.6) is 0 Å². The number of hydrogen-bond donors (Lipinski definition) is 1. The SMILES string of the molecule is COCC(C)N(C)C(=S)Nc1ccccc1. The van der Waals surface area contributed by atoms with Gasteiger partial charge in [-0.15, -0.1) is 0 Å². The Balaban J connectivity index is 2.52. The van der Waals surface area contributed by atoms with E-state index in [1.54, 1.807) is 7.11 Å². The van der Waals surface area contributed by atoms with Crippen molar-refractivity contribution in [1.82, 2.24) is 4.90 Å². The molecule has 0 fully saturated rings. The van der Waals surface area contributed by atoms with E-state index >= 15 is 0 Å². The minimum atomic E-state index is 0.258. The highest BCUT2D eigenvalue weighted by atomic mass is 32.1. The van der Waals surface area contributed by atoms with Gasteiger partial charge in [0.2, 0.25) is 0 Å². The zero-order valence-electron chi connectivity index (χ0n) is 9.93. The van der Waals surface area contributed by atoms with Gasteiger partial charge in [-0.3, -0.25) is 0 Å². The van der Waals surface area contributed by atoms with Crippen LogP contribution in [0, 0.1) is 0 Å². The summed E-state index contributed by atoms with van der Waals surface area (Å²) < 4.78 is 5.10. The lowest BCUT2D eigenvalue weighted by atomic mass is 10.3. The van der Waals surface area contributed by atoms with E-state index in [0.717, 1.165) is 5.69 Å². The van der Waals surface area contributed by atoms with E-state index in [1.807, 2.05) is 42.3 Å². The van der Waals surface area contributed by atoms with Crippen molar-refractivity contribution in [3.63, 3.8) is 0 Å². The summed E-state index contributed by atoms with van der Waals surface area (Å²) in [4.78, 5) is 1.99. The average molecular weight is 238 g/mol. The molecule has 1 N–H and O–H groups in total. The second-order valence-electron chi connectivity index (χ2n) is 3.71. The van der Waals surface area contributed by atoms with Crippen molar-refractivity contribution in [1.29, 1.82) is 0 Å². The smallest absolute Gasteiger partial charge is 0.173 e. The second kappa shape index (κ2) is 6.45. The van der Waals surface area contributed by atoms with Crippen LogP contribution in [-0.4, -0.2) is 36.8 Å². The molecule has 1 atom stereocenters. The summed E-state index contributed by atoms with van der Waals surface area (Å²) in [5.41, 5.74) is 1.00. The highest BCUT2D eigenvalue weighted by Gasteiger charge is 2.11. The molecule has 1 aromatic carbocycles. The van der Waals surface area contributed by atoms with E-state index in [2.05, 4.69) is 12.2 Å². The normalized spacial score (nSPS) is 11.9. The quantitative estimate of drug-likeness (QED) is 0.814. The predicted octanol–water partition coefficient (Wildman–Crippen LogP) is 2.35. The van der Waals surface area contributed by atoms with Crippen molar-refractivity contribution in [2.75, 3.05) is 26.1 Å². The van der Waals surface area contributed by atoms with E-state index in [1.165, 1.54) is 0 Å². The maximum Gasteiger partial charge on any atom is 0.173 e. The summed E-state index contributed by atoms with van der Waals surface area (Å²) in [7, 11) is 3.65. The Labute approximate surface area is 102 Å². The summed E-state index contributed by atoms with van der Waals surface area (Å²) in [5.74, 6) is 0. The van der Waals surface area contributed by atoms with Gasteiger partial charge in [0, 0.05) is 19.8 Å². The molecule has 16 heavy (non-hydrogen) atoms. The third kappa shape index (κ3) is 3.79. The lowest BCUT2D eigenvalue weighted by Crippen LogP contribution is -2.40. The highest BCUT2D eigenvalue weighted by molar-refractivity contribution is 7.80. The lowest BCUT2D eigenvalue weighted by molar-refractivity contribution is 0.146. The Bertz CT molecular complexity index is 329. The van der Waals surface area contributed by atoms with Crippen LogP contribution in [0.4, 0.5) is 5.69 Å². The molecule has 0 radical (unpaired) electrons. The number of para-hydroxylation sites is 1. The molecule has 0 aliphatic heterocycles. The predicted molar refractivity (Wildman–Crippen MR) is 71.8 cm³/mol. The van der Waals surface area contributed by atoms with Gasteiger partial charge in [0.05, 0.1) is 12.6 Å². The number of thiocarbonyl (C=S) groups is 1. The van der Waals surface area contributed by atoms with Crippen LogP contribution in [0.3, 0.4) is 0 Å². The molecule has 0 aliphatic carbocycles. The summed E-state index contributed by atoms with van der Waals surface area (Å²) >= 11 is 5.31. The van der Waals surface area contributed by atoms with Gasteiger partial charge in [-0.1, -0.05) is 18.2 Å². The van der Waals surface area contributed by atoms with Crippen LogP contribution >= 0.6 is 12.2 Å². The van der Waals surface area contributed by atoms with E-state index in [0.29, 0.717) is 11.7 Å². The summed E-state index contributed by atoms with van der Waals surface area (Å²) in [6.45, 7) is 2.73. The third-order valence-electron chi connectivity index (χ3n) is 2.41. The summed E-state index contributed by atoms with van der Waals surface area (Å²) in [5, 5.41) is 3.89. The van der Waals surface area contributed by atoms with Crippen molar-refractivity contribution in [2.24, 2.45) is 0 Å². The van der Waals surface area contributed by atoms with E-state index in [4.69, 9.17) is 17.0 Å². The van der Waals surface area contributed by atoms with Crippen LogP contribution in [-0.2, 0) is 4.74 Å². The molecular weight excluding hydrogens is 220 g/mol. The molecule has 88 valence electrons. The van der Waals surface area contributed by atoms with Crippen molar-refractivity contribution in [3.8, 4) is 0 Å². The molecule has 1 aromatic rings. The Morgan fingerprint density at radius 2 is 2.06 bits per heavy atom. The first kappa shape index (κ1) is 12.9. The number of methoxy groups -OCH3 is 1. The Morgan fingerprint density at radius 1 is 1.44 bits per heavy atom. The van der Waals surface area contributed by atoms with Gasteiger partial charge in [0.25, 0.3) is 0 Å². The van der Waals surface area contributed by atoms with E-state index in [-0.39, 0.29) is 6.04 Å². The minimum absolute atomic E-state index is 0.258. The number of benzene rings is 1. The maximum absolute atomic E-state index is 5.31. The third-order valence-corrected chi connectivity index (χ3v) is 2.80. The van der Waals surface area contributed by atoms with Gasteiger partial charge in [0.15, 0.2) is 5.11 Å². The van der Waals surface area contributed by atoms with E-state index < -0.39 is 0 Å². The van der Waals surface area contributed by atoms with Crippen LogP contribution in [0.2, 0.25) is 0 Å². The van der Waals surface area contributed by atoms with Gasteiger partial charge in [-0.2, -0.15) is 0 Å². The molecule has 0 aliphatic rings. The van der Waals surface area contributed by atoms with Crippen molar-refractivity contribution in [3.05, 3.63) is 30.3 Å². The first-order valence-electron chi connectivity index (χ1n) is 5.23.